The molecule has 1 saturated heterocycles. The number of nitrogens with zero attached hydrogens (tertiary/aromatic N) is 1. The third-order valence-electron chi connectivity index (χ3n) is 4.15. The van der Waals surface area contributed by atoms with E-state index in [1.807, 2.05) is 6.07 Å². The summed E-state index contributed by atoms with van der Waals surface area (Å²) in [6, 6.07) is 6.95. The number of hydrogen-bond donors (Lipinski definition) is 1. The van der Waals surface area contributed by atoms with Gasteiger partial charge in [0.05, 0.1) is 18.1 Å². The van der Waals surface area contributed by atoms with Crippen LogP contribution in [0.15, 0.2) is 30.3 Å². The number of carbonyl (C=O) groups excluding carboxylic acids is 2. The van der Waals surface area contributed by atoms with Crippen LogP contribution in [0.3, 0.4) is 0 Å². The second-order valence-corrected chi connectivity index (χ2v) is 8.73. The van der Waals surface area contributed by atoms with Gasteiger partial charge in [-0.2, -0.15) is 0 Å². The van der Waals surface area contributed by atoms with E-state index in [0.29, 0.717) is 17.9 Å². The van der Waals surface area contributed by atoms with Crippen molar-refractivity contribution in [3.63, 3.8) is 0 Å². The molecule has 1 fully saturated rings. The van der Waals surface area contributed by atoms with E-state index in [9.17, 15) is 18.0 Å². The van der Waals surface area contributed by atoms with E-state index in [0.717, 1.165) is 5.56 Å². The zero-order chi connectivity index (χ0) is 18.4. The SMILES string of the molecule is CN(C(=O)CNC(=O)C=Cc1cccc(Cl)c1)C1CCS(=O)(=O)CC1. The molecule has 1 heterocycles. The summed E-state index contributed by atoms with van der Waals surface area (Å²) in [7, 11) is -1.33. The predicted molar refractivity (Wildman–Crippen MR) is 97.9 cm³/mol. The minimum atomic E-state index is -2.96. The minimum absolute atomic E-state index is 0.101. The molecular formula is C17H21ClN2O4S. The van der Waals surface area contributed by atoms with Crippen molar-refractivity contribution in [2.75, 3.05) is 25.1 Å². The van der Waals surface area contributed by atoms with Gasteiger partial charge in [0.2, 0.25) is 11.8 Å². The first-order valence-corrected chi connectivity index (χ1v) is 10.1. The number of rotatable bonds is 5. The van der Waals surface area contributed by atoms with Gasteiger partial charge in [-0.05, 0) is 36.6 Å². The second-order valence-electron chi connectivity index (χ2n) is 5.99. The highest BCUT2D eigenvalue weighted by Crippen LogP contribution is 2.17. The van der Waals surface area contributed by atoms with Crippen LogP contribution < -0.4 is 5.32 Å². The molecule has 1 aliphatic heterocycles. The van der Waals surface area contributed by atoms with E-state index < -0.39 is 9.84 Å². The molecule has 1 aromatic carbocycles. The fourth-order valence-electron chi connectivity index (χ4n) is 2.60. The Morgan fingerprint density at radius 2 is 2.00 bits per heavy atom. The molecule has 136 valence electrons. The summed E-state index contributed by atoms with van der Waals surface area (Å²) in [6.07, 6.45) is 3.83. The van der Waals surface area contributed by atoms with E-state index in [1.165, 1.54) is 11.0 Å². The highest BCUT2D eigenvalue weighted by molar-refractivity contribution is 7.91. The number of halogens is 1. The summed E-state index contributed by atoms with van der Waals surface area (Å²) in [5.74, 6) is -0.421. The van der Waals surface area contributed by atoms with Crippen molar-refractivity contribution in [1.29, 1.82) is 0 Å². The number of sulfone groups is 1. The van der Waals surface area contributed by atoms with Crippen molar-refractivity contribution in [3.8, 4) is 0 Å². The fraction of sp³-hybridized carbons (Fsp3) is 0.412. The molecular weight excluding hydrogens is 364 g/mol. The summed E-state index contributed by atoms with van der Waals surface area (Å²) in [5.41, 5.74) is 0.787. The number of benzene rings is 1. The molecule has 0 saturated carbocycles. The Morgan fingerprint density at radius 3 is 2.64 bits per heavy atom. The lowest BCUT2D eigenvalue weighted by Gasteiger charge is -2.31. The van der Waals surface area contributed by atoms with E-state index in [-0.39, 0.29) is 35.9 Å². The third kappa shape index (κ3) is 6.17. The fourth-order valence-corrected chi connectivity index (χ4v) is 4.26. The standard InChI is InChI=1S/C17H21ClN2O4S/c1-20(15-7-9-25(23,24)10-8-15)17(22)12-19-16(21)6-5-13-3-2-4-14(18)11-13/h2-6,11,15H,7-10,12H2,1H3,(H,19,21). The van der Waals surface area contributed by atoms with E-state index >= 15 is 0 Å². The molecule has 8 heteroatoms. The van der Waals surface area contributed by atoms with Crippen LogP contribution in [-0.4, -0.2) is 56.3 Å². The lowest BCUT2D eigenvalue weighted by atomic mass is 10.1. The molecule has 2 amide bonds. The Morgan fingerprint density at radius 1 is 1.32 bits per heavy atom. The molecule has 0 unspecified atom stereocenters. The maximum Gasteiger partial charge on any atom is 0.244 e. The van der Waals surface area contributed by atoms with Crippen LogP contribution in [0.4, 0.5) is 0 Å². The van der Waals surface area contributed by atoms with Crippen LogP contribution in [0.1, 0.15) is 18.4 Å². The number of likely N-dealkylation sites (N-methyl/N-ethyl adjacent to an activating group) is 1. The Bertz CT molecular complexity index is 763. The molecule has 6 nitrogen and oxygen atoms in total. The predicted octanol–water partition coefficient (Wildman–Crippen LogP) is 1.50. The Hall–Kier alpha value is -1.86. The van der Waals surface area contributed by atoms with Gasteiger partial charge in [-0.15, -0.1) is 0 Å². The zero-order valence-electron chi connectivity index (χ0n) is 13.9. The number of carbonyl (C=O) groups is 2. The highest BCUT2D eigenvalue weighted by atomic mass is 35.5. The molecule has 0 spiro atoms. The molecule has 0 bridgehead atoms. The van der Waals surface area contributed by atoms with Gasteiger partial charge < -0.3 is 10.2 Å². The van der Waals surface area contributed by atoms with Gasteiger partial charge in [0.15, 0.2) is 0 Å². The summed E-state index contributed by atoms with van der Waals surface area (Å²) < 4.78 is 22.9. The monoisotopic (exact) mass is 384 g/mol. The van der Waals surface area contributed by atoms with Gasteiger partial charge in [-0.3, -0.25) is 9.59 Å². The van der Waals surface area contributed by atoms with Crippen LogP contribution in [-0.2, 0) is 19.4 Å². The topological polar surface area (TPSA) is 83.6 Å². The molecule has 2 rings (SSSR count). The summed E-state index contributed by atoms with van der Waals surface area (Å²) in [4.78, 5) is 25.5. The number of amides is 2. The summed E-state index contributed by atoms with van der Waals surface area (Å²) >= 11 is 5.87. The Balaban J connectivity index is 1.80. The average Bonchev–Trinajstić information content (AvgIpc) is 2.57. The van der Waals surface area contributed by atoms with E-state index in [4.69, 9.17) is 11.6 Å². The minimum Gasteiger partial charge on any atom is -0.343 e. The van der Waals surface area contributed by atoms with Crippen molar-refractivity contribution in [2.45, 2.75) is 18.9 Å². The van der Waals surface area contributed by atoms with Crippen LogP contribution in [0.5, 0.6) is 0 Å². The van der Waals surface area contributed by atoms with Crippen LogP contribution >= 0.6 is 11.6 Å². The first-order chi connectivity index (χ1) is 11.8. The Kier molecular flexibility index (Phi) is 6.61. The normalized spacial score (nSPS) is 17.4. The average molecular weight is 385 g/mol. The highest BCUT2D eigenvalue weighted by Gasteiger charge is 2.28. The molecule has 1 aliphatic rings. The summed E-state index contributed by atoms with van der Waals surface area (Å²) in [6.45, 7) is -0.127. The first-order valence-electron chi connectivity index (χ1n) is 7.94. The summed E-state index contributed by atoms with van der Waals surface area (Å²) in [5, 5.41) is 3.11. The van der Waals surface area contributed by atoms with Gasteiger partial charge in [0.1, 0.15) is 9.84 Å². The lowest BCUT2D eigenvalue weighted by molar-refractivity contribution is -0.132. The van der Waals surface area contributed by atoms with Crippen molar-refractivity contribution >= 4 is 39.3 Å². The molecule has 0 aliphatic carbocycles. The number of nitrogens with one attached hydrogen (secondary N) is 1. The maximum atomic E-state index is 12.1. The van der Waals surface area contributed by atoms with Gasteiger partial charge in [-0.25, -0.2) is 8.42 Å². The Labute approximate surface area is 152 Å². The smallest absolute Gasteiger partial charge is 0.244 e. The van der Waals surface area contributed by atoms with Gasteiger partial charge >= 0.3 is 0 Å². The van der Waals surface area contributed by atoms with Crippen molar-refractivity contribution in [1.82, 2.24) is 10.2 Å². The quantitative estimate of drug-likeness (QED) is 0.780. The first kappa shape index (κ1) is 19.5. The van der Waals surface area contributed by atoms with Crippen molar-refractivity contribution in [2.24, 2.45) is 0 Å². The second kappa shape index (κ2) is 8.49. The number of hydrogen-bond acceptors (Lipinski definition) is 4. The van der Waals surface area contributed by atoms with Crippen LogP contribution in [0.2, 0.25) is 5.02 Å². The lowest BCUT2D eigenvalue weighted by Crippen LogP contribution is -2.46. The molecule has 0 radical (unpaired) electrons. The largest absolute Gasteiger partial charge is 0.343 e. The molecule has 25 heavy (non-hydrogen) atoms. The van der Waals surface area contributed by atoms with Gasteiger partial charge in [0.25, 0.3) is 0 Å². The molecule has 1 aromatic rings. The molecule has 1 N–H and O–H groups in total. The molecule has 0 atom stereocenters. The maximum absolute atomic E-state index is 12.1. The molecule has 0 aromatic heterocycles. The van der Waals surface area contributed by atoms with Crippen molar-refractivity contribution < 1.29 is 18.0 Å². The van der Waals surface area contributed by atoms with Crippen LogP contribution in [0.25, 0.3) is 6.08 Å². The van der Waals surface area contributed by atoms with Crippen molar-refractivity contribution in [3.05, 3.63) is 40.9 Å². The van der Waals surface area contributed by atoms with E-state index in [2.05, 4.69) is 5.32 Å². The van der Waals surface area contributed by atoms with Crippen LogP contribution in [0, 0.1) is 0 Å². The zero-order valence-corrected chi connectivity index (χ0v) is 15.5. The van der Waals surface area contributed by atoms with Gasteiger partial charge in [-0.1, -0.05) is 23.7 Å². The van der Waals surface area contributed by atoms with Gasteiger partial charge in [0, 0.05) is 24.2 Å². The van der Waals surface area contributed by atoms with E-state index in [1.54, 1.807) is 31.3 Å². The third-order valence-corrected chi connectivity index (χ3v) is 6.11.